The van der Waals surface area contributed by atoms with E-state index in [-0.39, 0.29) is 30.1 Å². The Hall–Kier alpha value is -2.18. The van der Waals surface area contributed by atoms with Crippen LogP contribution in [0.3, 0.4) is 0 Å². The van der Waals surface area contributed by atoms with Gasteiger partial charge in [0.25, 0.3) is 0 Å². The fraction of sp³-hybridized carbons (Fsp3) is 0.800. The third kappa shape index (κ3) is 7.60. The highest BCUT2D eigenvalue weighted by atomic mass is 19.4. The van der Waals surface area contributed by atoms with Crippen molar-refractivity contribution in [3.63, 3.8) is 0 Å². The number of phenolic OH excluding ortho intramolecular Hbond substituents is 1. The molecule has 13 heteroatoms. The number of aliphatic carboxylic acids is 1. The molecular formula is C35H47F9O4. The zero-order valence-corrected chi connectivity index (χ0v) is 27.2. The summed E-state index contributed by atoms with van der Waals surface area (Å²) in [5.74, 6) is -20.6. The van der Waals surface area contributed by atoms with E-state index >= 15 is 0 Å². The van der Waals surface area contributed by atoms with Crippen molar-refractivity contribution in [3.8, 4) is 5.75 Å². The number of alkyl halides is 9. The van der Waals surface area contributed by atoms with Crippen LogP contribution in [-0.4, -0.2) is 51.3 Å². The lowest BCUT2D eigenvalue weighted by molar-refractivity contribution is -0.396. The van der Waals surface area contributed by atoms with Gasteiger partial charge in [0.1, 0.15) is 5.75 Å². The van der Waals surface area contributed by atoms with Gasteiger partial charge in [0.05, 0.1) is 12.0 Å². The van der Waals surface area contributed by atoms with E-state index in [4.69, 9.17) is 0 Å². The van der Waals surface area contributed by atoms with Gasteiger partial charge in [-0.1, -0.05) is 57.9 Å². The quantitative estimate of drug-likeness (QED) is 0.118. The van der Waals surface area contributed by atoms with E-state index in [2.05, 4.69) is 13.0 Å². The number of halogens is 9. The van der Waals surface area contributed by atoms with Crippen LogP contribution in [0, 0.1) is 29.1 Å². The Kier molecular flexibility index (Phi) is 11.7. The minimum absolute atomic E-state index is 0.0682. The molecule has 4 rings (SSSR count). The van der Waals surface area contributed by atoms with Crippen LogP contribution in [0.15, 0.2) is 18.2 Å². The molecular weight excluding hydrogens is 655 g/mol. The molecule has 0 spiro atoms. The second-order valence-corrected chi connectivity index (χ2v) is 14.8. The summed E-state index contributed by atoms with van der Waals surface area (Å²) in [6.07, 6.45) is 0.306. The molecule has 1 aromatic carbocycles. The van der Waals surface area contributed by atoms with E-state index in [9.17, 15) is 59.6 Å². The van der Waals surface area contributed by atoms with Gasteiger partial charge in [-0.15, -0.1) is 0 Å². The molecule has 0 aliphatic heterocycles. The number of hydrogen-bond acceptors (Lipinski definition) is 3. The van der Waals surface area contributed by atoms with Gasteiger partial charge in [0, 0.05) is 6.42 Å². The van der Waals surface area contributed by atoms with E-state index in [1.807, 2.05) is 6.07 Å². The van der Waals surface area contributed by atoms with Gasteiger partial charge >= 0.3 is 29.9 Å². The lowest BCUT2D eigenvalue weighted by Gasteiger charge is -2.53. The maximum atomic E-state index is 13.9. The summed E-state index contributed by atoms with van der Waals surface area (Å²) in [4.78, 5) is 11.5. The number of aliphatic hydroxyl groups excluding tert-OH is 1. The standard InChI is InChI=1S/C35H47F9O4/c1-31-17-16-26-25-12-11-24(45)20-23(25)19-22(29(26)27(31)13-14-28(31)46)10-8-6-4-2-3-5-7-9-21(30(47)48)15-18-32(36,37)33(38,39)34(40,41)35(42,43)44/h11-12,20-22,26-29,45-46H,2-10,13-19H2,1H3,(H,47,48)/t21-,22-,26-,27+,28?,29-,31+/m1/s1. The maximum absolute atomic E-state index is 13.9. The highest BCUT2D eigenvalue weighted by Crippen LogP contribution is 2.63. The predicted octanol–water partition coefficient (Wildman–Crippen LogP) is 10.3. The Morgan fingerprint density at radius 3 is 2.12 bits per heavy atom. The Morgan fingerprint density at radius 1 is 0.875 bits per heavy atom. The van der Waals surface area contributed by atoms with Crippen LogP contribution in [0.5, 0.6) is 5.75 Å². The molecule has 2 fully saturated rings. The molecule has 1 aromatic rings. The predicted molar refractivity (Wildman–Crippen MR) is 160 cm³/mol. The van der Waals surface area contributed by atoms with Crippen molar-refractivity contribution in [3.05, 3.63) is 29.3 Å². The van der Waals surface area contributed by atoms with Gasteiger partial charge in [0.15, 0.2) is 0 Å². The number of benzene rings is 1. The molecule has 274 valence electrons. The number of aromatic hydroxyl groups is 1. The highest BCUT2D eigenvalue weighted by molar-refractivity contribution is 5.69. The van der Waals surface area contributed by atoms with E-state index < -0.39 is 48.7 Å². The van der Waals surface area contributed by atoms with Crippen molar-refractivity contribution in [1.82, 2.24) is 0 Å². The number of carboxylic acid groups (broad SMARTS) is 1. The van der Waals surface area contributed by atoms with E-state index in [0.717, 1.165) is 64.2 Å². The first kappa shape index (κ1) is 38.6. The fourth-order valence-electron chi connectivity index (χ4n) is 9.02. The summed E-state index contributed by atoms with van der Waals surface area (Å²) in [7, 11) is 0. The van der Waals surface area contributed by atoms with Crippen molar-refractivity contribution in [2.75, 3.05) is 0 Å². The largest absolute Gasteiger partial charge is 0.508 e. The molecule has 2 saturated carbocycles. The average Bonchev–Trinajstić information content (AvgIpc) is 3.30. The smallest absolute Gasteiger partial charge is 0.460 e. The molecule has 0 saturated heterocycles. The Morgan fingerprint density at radius 2 is 1.50 bits per heavy atom. The van der Waals surface area contributed by atoms with Crippen molar-refractivity contribution in [2.45, 2.75) is 146 Å². The third-order valence-corrected chi connectivity index (χ3v) is 11.8. The Labute approximate surface area is 275 Å². The number of phenols is 1. The fourth-order valence-corrected chi connectivity index (χ4v) is 9.02. The Bertz CT molecular complexity index is 1250. The molecule has 7 atom stereocenters. The van der Waals surface area contributed by atoms with E-state index in [1.165, 1.54) is 11.1 Å². The first-order chi connectivity index (χ1) is 22.2. The average molecular weight is 703 g/mol. The SMILES string of the molecule is C[C@]12CC[C@@H]3c4ccc(O)cc4C[C@@H](CCCCCCCCC[C@H](CCC(F)(F)C(F)(F)C(F)(F)C(F)(F)F)C(=O)O)[C@H]3[C@@H]1CCC2O. The molecule has 1 unspecified atom stereocenters. The van der Waals surface area contributed by atoms with Crippen LogP contribution in [-0.2, 0) is 11.2 Å². The van der Waals surface area contributed by atoms with Crippen molar-refractivity contribution >= 4 is 5.97 Å². The van der Waals surface area contributed by atoms with Crippen molar-refractivity contribution in [1.29, 1.82) is 0 Å². The summed E-state index contributed by atoms with van der Waals surface area (Å²) < 4.78 is 118. The number of hydrogen-bond donors (Lipinski definition) is 3. The van der Waals surface area contributed by atoms with Crippen LogP contribution in [0.1, 0.15) is 120 Å². The monoisotopic (exact) mass is 702 g/mol. The molecule has 0 amide bonds. The lowest BCUT2D eigenvalue weighted by atomic mass is 9.52. The minimum atomic E-state index is -6.98. The third-order valence-electron chi connectivity index (χ3n) is 11.8. The van der Waals surface area contributed by atoms with Gasteiger partial charge in [-0.3, -0.25) is 4.79 Å². The topological polar surface area (TPSA) is 77.8 Å². The normalized spacial score (nSPS) is 28.4. The molecule has 0 radical (unpaired) electrons. The zero-order chi connectivity index (χ0) is 35.7. The number of rotatable bonds is 16. The summed E-state index contributed by atoms with van der Waals surface area (Å²) in [6.45, 7) is 2.24. The van der Waals surface area contributed by atoms with Gasteiger partial charge < -0.3 is 15.3 Å². The number of carbonyl (C=O) groups is 1. The van der Waals surface area contributed by atoms with Gasteiger partial charge in [0.2, 0.25) is 0 Å². The molecule has 48 heavy (non-hydrogen) atoms. The summed E-state index contributed by atoms with van der Waals surface area (Å²) in [5.41, 5.74) is 2.47. The van der Waals surface area contributed by atoms with Crippen LogP contribution < -0.4 is 0 Å². The summed E-state index contributed by atoms with van der Waals surface area (Å²) in [6, 6.07) is 5.72. The number of fused-ring (bicyclic) bond motifs is 5. The van der Waals surface area contributed by atoms with Crippen LogP contribution in [0.4, 0.5) is 39.5 Å². The highest BCUT2D eigenvalue weighted by Gasteiger charge is 2.81. The summed E-state index contributed by atoms with van der Waals surface area (Å²) >= 11 is 0. The van der Waals surface area contributed by atoms with Gasteiger partial charge in [-0.05, 0) is 104 Å². The van der Waals surface area contributed by atoms with Gasteiger partial charge in [-0.2, -0.15) is 39.5 Å². The molecule has 3 aliphatic rings. The molecule has 0 heterocycles. The number of aliphatic hydroxyl groups is 1. The van der Waals surface area contributed by atoms with Crippen LogP contribution >= 0.6 is 0 Å². The molecule has 0 bridgehead atoms. The first-order valence-electron chi connectivity index (χ1n) is 17.2. The number of carboxylic acids is 1. The van der Waals surface area contributed by atoms with E-state index in [0.29, 0.717) is 36.5 Å². The second-order valence-electron chi connectivity index (χ2n) is 14.8. The Balaban J connectivity index is 1.20. The minimum Gasteiger partial charge on any atom is -0.508 e. The molecule has 0 aromatic heterocycles. The van der Waals surface area contributed by atoms with Crippen molar-refractivity contribution in [2.24, 2.45) is 29.1 Å². The second kappa shape index (κ2) is 14.6. The first-order valence-corrected chi connectivity index (χ1v) is 17.2. The van der Waals surface area contributed by atoms with E-state index in [1.54, 1.807) is 6.07 Å². The molecule has 3 aliphatic carbocycles. The summed E-state index contributed by atoms with van der Waals surface area (Å²) in [5, 5.41) is 30.3. The molecule has 4 nitrogen and oxygen atoms in total. The maximum Gasteiger partial charge on any atom is 0.460 e. The van der Waals surface area contributed by atoms with Gasteiger partial charge in [-0.25, -0.2) is 0 Å². The van der Waals surface area contributed by atoms with Crippen LogP contribution in [0.2, 0.25) is 0 Å². The zero-order valence-electron chi connectivity index (χ0n) is 27.2. The van der Waals surface area contributed by atoms with Crippen LogP contribution in [0.25, 0.3) is 0 Å². The lowest BCUT2D eigenvalue weighted by Crippen LogP contribution is -2.60. The molecule has 3 N–H and O–H groups in total. The van der Waals surface area contributed by atoms with Crippen molar-refractivity contribution < 1.29 is 59.6 Å². The number of unbranched alkanes of at least 4 members (excludes halogenated alkanes) is 6.